The van der Waals surface area contributed by atoms with Crippen LogP contribution in [-0.2, 0) is 37.9 Å². The van der Waals surface area contributed by atoms with Crippen LogP contribution in [0.3, 0.4) is 0 Å². The molecule has 73 heavy (non-hydrogen) atoms. The van der Waals surface area contributed by atoms with Crippen molar-refractivity contribution in [1.82, 2.24) is 0 Å². The summed E-state index contributed by atoms with van der Waals surface area (Å²) in [5.74, 6) is -0.231. The van der Waals surface area contributed by atoms with Gasteiger partial charge in [0.15, 0.2) is 24.7 Å². The molecule has 21 nitrogen and oxygen atoms in total. The van der Waals surface area contributed by atoms with Crippen molar-refractivity contribution in [3.63, 3.8) is 0 Å². The lowest BCUT2D eigenvalue weighted by Gasteiger charge is -2.59. The SMILES string of the molecule is CC(CCC1(O)OC2CC3C4CC=C5CCC(CC6OC(CO)C(OC7OC(C)C(O)C(O)C7O)C(O)C6OC6OC(C)C(O)C(O)C6O)CC5(C)C4CCC3(C)C2C1C)COC1OC(CO)C(O)C(O)C1O. The van der Waals surface area contributed by atoms with Crippen LogP contribution in [0.15, 0.2) is 11.6 Å². The fraction of sp³-hybridized carbons (Fsp3) is 0.962. The van der Waals surface area contributed by atoms with Gasteiger partial charge in [-0.15, -0.1) is 0 Å². The second-order valence-electron chi connectivity index (χ2n) is 24.3. The highest BCUT2D eigenvalue weighted by atomic mass is 16.7. The Hall–Kier alpha value is -1.10. The van der Waals surface area contributed by atoms with Gasteiger partial charge >= 0.3 is 0 Å². The molecule has 0 spiro atoms. The first-order chi connectivity index (χ1) is 34.5. The van der Waals surface area contributed by atoms with Gasteiger partial charge in [0, 0.05) is 12.3 Å². The maximum Gasteiger partial charge on any atom is 0.187 e. The van der Waals surface area contributed by atoms with Crippen molar-refractivity contribution < 1.29 is 104 Å². The number of aliphatic hydroxyl groups excluding tert-OH is 12. The molecule has 0 bridgehead atoms. The van der Waals surface area contributed by atoms with Crippen LogP contribution in [0.25, 0.3) is 0 Å². The van der Waals surface area contributed by atoms with Crippen LogP contribution in [-0.4, -0.2) is 221 Å². The van der Waals surface area contributed by atoms with Crippen LogP contribution in [0.1, 0.15) is 106 Å². The maximum atomic E-state index is 12.2. The molecule has 420 valence electrons. The van der Waals surface area contributed by atoms with Crippen molar-refractivity contribution >= 4 is 0 Å². The Labute approximate surface area is 427 Å². The summed E-state index contributed by atoms with van der Waals surface area (Å²) in [6, 6.07) is 0. The maximum absolute atomic E-state index is 12.2. The van der Waals surface area contributed by atoms with Crippen LogP contribution < -0.4 is 0 Å². The van der Waals surface area contributed by atoms with Crippen LogP contribution in [0.2, 0.25) is 0 Å². The first-order valence-corrected chi connectivity index (χ1v) is 27.1. The van der Waals surface area contributed by atoms with Crippen LogP contribution in [0, 0.1) is 52.3 Å². The van der Waals surface area contributed by atoms with Crippen molar-refractivity contribution in [2.24, 2.45) is 52.3 Å². The van der Waals surface area contributed by atoms with Crippen molar-refractivity contribution in [2.45, 2.75) is 240 Å². The summed E-state index contributed by atoms with van der Waals surface area (Å²) in [6.45, 7) is 10.9. The third-order valence-corrected chi connectivity index (χ3v) is 19.9. The minimum absolute atomic E-state index is 0.0603. The summed E-state index contributed by atoms with van der Waals surface area (Å²) in [7, 11) is 0. The summed E-state index contributed by atoms with van der Waals surface area (Å²) >= 11 is 0. The number of fused-ring (bicyclic) bond motifs is 7. The number of hydrogen-bond acceptors (Lipinski definition) is 21. The van der Waals surface area contributed by atoms with E-state index in [9.17, 15) is 66.4 Å². The Morgan fingerprint density at radius 2 is 1.26 bits per heavy atom. The van der Waals surface area contributed by atoms with Gasteiger partial charge in [-0.25, -0.2) is 0 Å². The summed E-state index contributed by atoms with van der Waals surface area (Å²) in [6.07, 6.45) is -17.6. The van der Waals surface area contributed by atoms with Crippen molar-refractivity contribution in [3.8, 4) is 0 Å². The van der Waals surface area contributed by atoms with Crippen LogP contribution in [0.4, 0.5) is 0 Å². The number of ether oxygens (including phenoxy) is 8. The predicted molar refractivity (Wildman–Crippen MR) is 252 cm³/mol. The van der Waals surface area contributed by atoms with E-state index in [0.717, 1.165) is 44.9 Å². The van der Waals surface area contributed by atoms with Gasteiger partial charge < -0.3 is 104 Å². The minimum Gasteiger partial charge on any atom is -0.394 e. The van der Waals surface area contributed by atoms with E-state index in [0.29, 0.717) is 37.0 Å². The molecule has 5 saturated heterocycles. The van der Waals surface area contributed by atoms with Gasteiger partial charge in [-0.3, -0.25) is 0 Å². The zero-order chi connectivity index (χ0) is 52.8. The van der Waals surface area contributed by atoms with Gasteiger partial charge in [0.1, 0.15) is 85.5 Å². The van der Waals surface area contributed by atoms with Crippen LogP contribution >= 0.6 is 0 Å². The summed E-state index contributed by atoms with van der Waals surface area (Å²) < 4.78 is 48.6. The lowest BCUT2D eigenvalue weighted by Crippen LogP contribution is -2.66. The second kappa shape index (κ2) is 21.9. The molecule has 31 atom stereocenters. The fourth-order valence-corrected chi connectivity index (χ4v) is 15.6. The van der Waals surface area contributed by atoms with E-state index in [1.807, 2.05) is 6.92 Å². The smallest absolute Gasteiger partial charge is 0.187 e. The number of rotatable bonds is 14. The molecular formula is C52H86O21. The normalized spacial score (nSPS) is 55.5. The van der Waals surface area contributed by atoms with Crippen molar-refractivity contribution in [3.05, 3.63) is 11.6 Å². The molecule has 0 aromatic heterocycles. The van der Waals surface area contributed by atoms with E-state index >= 15 is 0 Å². The topological polar surface area (TPSA) is 337 Å². The van der Waals surface area contributed by atoms with Gasteiger partial charge in [-0.05, 0) is 118 Å². The summed E-state index contributed by atoms with van der Waals surface area (Å²) in [5.41, 5.74) is 1.22. The molecule has 9 aliphatic rings. The highest BCUT2D eigenvalue weighted by Gasteiger charge is 2.68. The Kier molecular flexibility index (Phi) is 16.9. The van der Waals surface area contributed by atoms with Crippen molar-refractivity contribution in [1.29, 1.82) is 0 Å². The number of allylic oxidation sites excluding steroid dienone is 2. The Balaban J connectivity index is 0.862. The third kappa shape index (κ3) is 10.2. The first kappa shape index (κ1) is 56.6. The van der Waals surface area contributed by atoms with E-state index in [1.165, 1.54) is 19.4 Å². The molecule has 0 radical (unpaired) electrons. The Morgan fingerprint density at radius 3 is 1.88 bits per heavy atom. The first-order valence-electron chi connectivity index (χ1n) is 27.1. The standard InChI is InChI=1S/C52H86O21/c1-21(20-66-47-41(61)40(60)37(57)32(18-53)70-47)11-14-52(65)22(2)34-30(73-52)16-29-27-10-9-26-8-7-25(17-51(26,6)28(27)12-13-50(29,34)5)15-31-45(71-48-42(62)38(58)35(55)23(3)67-48)44(64)46(33(19-54)69-31)72-49-43(63)39(59)36(56)24(4)68-49/h9,21-25,27-49,53-65H,7-8,10-20H2,1-6H3. The molecule has 21 heteroatoms. The van der Waals surface area contributed by atoms with E-state index in [2.05, 4.69) is 26.8 Å². The van der Waals surface area contributed by atoms with Gasteiger partial charge in [-0.1, -0.05) is 39.3 Å². The quantitative estimate of drug-likeness (QED) is 0.0898. The molecule has 0 amide bonds. The molecule has 3 saturated carbocycles. The lowest BCUT2D eigenvalue weighted by atomic mass is 9.46. The predicted octanol–water partition coefficient (Wildman–Crippen LogP) is -1.32. The third-order valence-electron chi connectivity index (χ3n) is 19.9. The molecule has 5 heterocycles. The molecule has 8 fully saturated rings. The second-order valence-corrected chi connectivity index (χ2v) is 24.3. The van der Waals surface area contributed by atoms with E-state index < -0.39 is 142 Å². The fourth-order valence-electron chi connectivity index (χ4n) is 15.6. The molecule has 31 unspecified atom stereocenters. The van der Waals surface area contributed by atoms with Crippen molar-refractivity contribution in [2.75, 3.05) is 19.8 Å². The molecule has 9 rings (SSSR count). The molecule has 5 aliphatic heterocycles. The zero-order valence-corrected chi connectivity index (χ0v) is 43.0. The van der Waals surface area contributed by atoms with Crippen LogP contribution in [0.5, 0.6) is 0 Å². The minimum atomic E-state index is -1.72. The molecule has 0 aromatic rings. The average Bonchev–Trinajstić information content (AvgIpc) is 3.80. The van der Waals surface area contributed by atoms with Gasteiger partial charge in [0.25, 0.3) is 0 Å². The van der Waals surface area contributed by atoms with E-state index in [-0.39, 0.29) is 47.2 Å². The summed E-state index contributed by atoms with van der Waals surface area (Å²) in [5, 5.41) is 139. The Bertz CT molecular complexity index is 1900. The van der Waals surface area contributed by atoms with Gasteiger partial charge in [0.2, 0.25) is 0 Å². The molecular weight excluding hydrogens is 961 g/mol. The number of aliphatic hydroxyl groups is 13. The summed E-state index contributed by atoms with van der Waals surface area (Å²) in [4.78, 5) is 0. The zero-order valence-electron chi connectivity index (χ0n) is 43.0. The average molecular weight is 1050 g/mol. The lowest BCUT2D eigenvalue weighted by molar-refractivity contribution is -0.362. The highest BCUT2D eigenvalue weighted by Crippen LogP contribution is 2.70. The number of hydrogen-bond donors (Lipinski definition) is 13. The largest absolute Gasteiger partial charge is 0.394 e. The van der Waals surface area contributed by atoms with E-state index in [1.54, 1.807) is 0 Å². The molecule has 4 aliphatic carbocycles. The van der Waals surface area contributed by atoms with Gasteiger partial charge in [-0.2, -0.15) is 0 Å². The van der Waals surface area contributed by atoms with E-state index in [4.69, 9.17) is 37.9 Å². The molecule has 0 aromatic carbocycles. The highest BCUT2D eigenvalue weighted by molar-refractivity contribution is 5.26. The molecule has 13 N–H and O–H groups in total. The monoisotopic (exact) mass is 1050 g/mol. The Morgan fingerprint density at radius 1 is 0.671 bits per heavy atom. The van der Waals surface area contributed by atoms with Gasteiger partial charge in [0.05, 0.1) is 44.2 Å².